The van der Waals surface area contributed by atoms with Crippen LogP contribution in [0.4, 0.5) is 5.69 Å². The molecule has 0 radical (unpaired) electrons. The molecule has 1 aromatic carbocycles. The van der Waals surface area contributed by atoms with Gasteiger partial charge in [-0.3, -0.25) is 0 Å². The van der Waals surface area contributed by atoms with Crippen LogP contribution in [0.2, 0.25) is 10.0 Å². The molecule has 5 heteroatoms. The van der Waals surface area contributed by atoms with E-state index >= 15 is 0 Å². The zero-order valence-electron chi connectivity index (χ0n) is 9.00. The Kier molecular flexibility index (Phi) is 4.87. The maximum Gasteiger partial charge on any atom is 0.0823 e. The van der Waals surface area contributed by atoms with Gasteiger partial charge in [-0.15, -0.1) is 0 Å². The van der Waals surface area contributed by atoms with Gasteiger partial charge in [-0.05, 0) is 12.1 Å². The molecule has 3 nitrogen and oxygen atoms in total. The zero-order valence-corrected chi connectivity index (χ0v) is 10.5. The zero-order chi connectivity index (χ0) is 12.2. The average molecular weight is 264 g/mol. The van der Waals surface area contributed by atoms with E-state index in [9.17, 15) is 0 Å². The molecule has 0 unspecified atom stereocenters. The van der Waals surface area contributed by atoms with Crippen LogP contribution in [0.1, 0.15) is 6.92 Å². The Morgan fingerprint density at radius 2 is 1.88 bits per heavy atom. The van der Waals surface area contributed by atoms with Crippen LogP contribution in [-0.4, -0.2) is 30.0 Å². The maximum absolute atomic E-state index is 9.13. The van der Waals surface area contributed by atoms with Crippen molar-refractivity contribution in [2.45, 2.75) is 6.92 Å². The molecular formula is C11H15Cl2NO2. The van der Waals surface area contributed by atoms with Crippen molar-refractivity contribution in [1.82, 2.24) is 0 Å². The number of rotatable bonds is 5. The molecule has 0 heterocycles. The minimum absolute atomic E-state index is 0.102. The van der Waals surface area contributed by atoms with Crippen molar-refractivity contribution in [3.8, 4) is 0 Å². The number of hydrogen-bond donors (Lipinski definition) is 3. The number of nitrogens with one attached hydrogen (secondary N) is 1. The molecule has 16 heavy (non-hydrogen) atoms. The van der Waals surface area contributed by atoms with Crippen LogP contribution in [-0.2, 0) is 0 Å². The van der Waals surface area contributed by atoms with Crippen LogP contribution in [0.15, 0.2) is 18.2 Å². The summed E-state index contributed by atoms with van der Waals surface area (Å²) in [7, 11) is 0. The van der Waals surface area contributed by atoms with E-state index in [1.54, 1.807) is 25.1 Å². The first-order valence-corrected chi connectivity index (χ1v) is 5.67. The van der Waals surface area contributed by atoms with Crippen molar-refractivity contribution in [2.24, 2.45) is 5.41 Å². The molecular weight excluding hydrogens is 249 g/mol. The van der Waals surface area contributed by atoms with Crippen LogP contribution in [0.5, 0.6) is 0 Å². The molecule has 0 fully saturated rings. The van der Waals surface area contributed by atoms with Gasteiger partial charge in [0.15, 0.2) is 0 Å². The molecule has 0 spiro atoms. The fourth-order valence-corrected chi connectivity index (χ4v) is 1.48. The predicted octanol–water partition coefficient (Wildman–Crippen LogP) is 2.40. The second-order valence-corrected chi connectivity index (χ2v) is 4.87. The topological polar surface area (TPSA) is 52.5 Å². The number of aliphatic hydroxyl groups excluding tert-OH is 2. The third-order valence-electron chi connectivity index (χ3n) is 2.42. The molecule has 90 valence electrons. The highest BCUT2D eigenvalue weighted by atomic mass is 35.5. The normalized spacial score (nSPS) is 11.6. The lowest BCUT2D eigenvalue weighted by molar-refractivity contribution is 0.0806. The minimum atomic E-state index is -0.578. The molecule has 0 atom stereocenters. The fraction of sp³-hybridized carbons (Fsp3) is 0.455. The lowest BCUT2D eigenvalue weighted by atomic mass is 9.93. The van der Waals surface area contributed by atoms with E-state index in [0.717, 1.165) is 0 Å². The Bertz CT molecular complexity index is 354. The number of halogens is 2. The molecule has 0 aliphatic rings. The van der Waals surface area contributed by atoms with Gasteiger partial charge in [0.25, 0.3) is 0 Å². The van der Waals surface area contributed by atoms with Crippen molar-refractivity contribution in [3.63, 3.8) is 0 Å². The van der Waals surface area contributed by atoms with Crippen LogP contribution in [0, 0.1) is 5.41 Å². The van der Waals surface area contributed by atoms with Crippen LogP contribution in [0.3, 0.4) is 0 Å². The number of anilines is 1. The van der Waals surface area contributed by atoms with Crippen LogP contribution in [0.25, 0.3) is 0 Å². The standard InChI is InChI=1S/C11H15Cl2NO2/c1-11(6-15,7-16)5-14-9-4-2-3-8(12)10(9)13/h2-4,14-16H,5-7H2,1H3. The summed E-state index contributed by atoms with van der Waals surface area (Å²) >= 11 is 11.8. The summed E-state index contributed by atoms with van der Waals surface area (Å²) in [6.07, 6.45) is 0. The van der Waals surface area contributed by atoms with Gasteiger partial charge in [0.05, 0.1) is 28.9 Å². The van der Waals surface area contributed by atoms with E-state index in [0.29, 0.717) is 22.3 Å². The summed E-state index contributed by atoms with van der Waals surface area (Å²) in [5.41, 5.74) is 0.119. The average Bonchev–Trinajstić information content (AvgIpc) is 2.31. The molecule has 0 saturated carbocycles. The smallest absolute Gasteiger partial charge is 0.0823 e. The number of aliphatic hydroxyl groups is 2. The van der Waals surface area contributed by atoms with E-state index in [1.165, 1.54) is 0 Å². The van der Waals surface area contributed by atoms with Gasteiger partial charge >= 0.3 is 0 Å². The lowest BCUT2D eigenvalue weighted by Crippen LogP contribution is -2.34. The van der Waals surface area contributed by atoms with E-state index in [-0.39, 0.29) is 13.2 Å². The maximum atomic E-state index is 9.13. The van der Waals surface area contributed by atoms with Crippen molar-refractivity contribution in [1.29, 1.82) is 0 Å². The quantitative estimate of drug-likeness (QED) is 0.765. The van der Waals surface area contributed by atoms with Gasteiger partial charge in [-0.25, -0.2) is 0 Å². The van der Waals surface area contributed by atoms with Crippen molar-refractivity contribution >= 4 is 28.9 Å². The van der Waals surface area contributed by atoms with Crippen LogP contribution >= 0.6 is 23.2 Å². The monoisotopic (exact) mass is 263 g/mol. The van der Waals surface area contributed by atoms with E-state index in [1.807, 2.05) is 0 Å². The van der Waals surface area contributed by atoms with E-state index < -0.39 is 5.41 Å². The molecule has 1 aromatic rings. The van der Waals surface area contributed by atoms with Crippen molar-refractivity contribution in [3.05, 3.63) is 28.2 Å². The lowest BCUT2D eigenvalue weighted by Gasteiger charge is -2.25. The Labute approximate surface area is 105 Å². The van der Waals surface area contributed by atoms with E-state index in [2.05, 4.69) is 5.32 Å². The van der Waals surface area contributed by atoms with Gasteiger partial charge in [-0.1, -0.05) is 36.2 Å². The second kappa shape index (κ2) is 5.73. The molecule has 0 aliphatic carbocycles. The van der Waals surface area contributed by atoms with Gasteiger partial charge in [0.2, 0.25) is 0 Å². The summed E-state index contributed by atoms with van der Waals surface area (Å²) in [6.45, 7) is 1.99. The number of hydrogen-bond acceptors (Lipinski definition) is 3. The molecule has 0 saturated heterocycles. The molecule has 0 bridgehead atoms. The molecule has 0 aromatic heterocycles. The second-order valence-electron chi connectivity index (χ2n) is 4.08. The summed E-state index contributed by atoms with van der Waals surface area (Å²) < 4.78 is 0. The summed E-state index contributed by atoms with van der Waals surface area (Å²) in [4.78, 5) is 0. The molecule has 0 aliphatic heterocycles. The Morgan fingerprint density at radius 3 is 2.44 bits per heavy atom. The van der Waals surface area contributed by atoms with Gasteiger partial charge in [0.1, 0.15) is 0 Å². The first-order valence-electron chi connectivity index (χ1n) is 4.92. The minimum Gasteiger partial charge on any atom is -0.396 e. The highest BCUT2D eigenvalue weighted by molar-refractivity contribution is 6.43. The van der Waals surface area contributed by atoms with Crippen LogP contribution < -0.4 is 5.32 Å². The Morgan fingerprint density at radius 1 is 1.25 bits per heavy atom. The highest BCUT2D eigenvalue weighted by Crippen LogP contribution is 2.30. The first kappa shape index (κ1) is 13.6. The van der Waals surface area contributed by atoms with Crippen molar-refractivity contribution in [2.75, 3.05) is 25.1 Å². The highest BCUT2D eigenvalue weighted by Gasteiger charge is 2.22. The summed E-state index contributed by atoms with van der Waals surface area (Å²) in [5.74, 6) is 0. The summed E-state index contributed by atoms with van der Waals surface area (Å²) in [5, 5.41) is 22.2. The Balaban J connectivity index is 2.71. The SMILES string of the molecule is CC(CO)(CO)CNc1cccc(Cl)c1Cl. The molecule has 1 rings (SSSR count). The van der Waals surface area contributed by atoms with Gasteiger partial charge < -0.3 is 15.5 Å². The Hall–Kier alpha value is -0.480. The first-order chi connectivity index (χ1) is 7.52. The van der Waals surface area contributed by atoms with Gasteiger partial charge in [0, 0.05) is 12.0 Å². The van der Waals surface area contributed by atoms with Crippen molar-refractivity contribution < 1.29 is 10.2 Å². The van der Waals surface area contributed by atoms with Gasteiger partial charge in [-0.2, -0.15) is 0 Å². The predicted molar refractivity (Wildman–Crippen MR) is 67.2 cm³/mol. The van der Waals surface area contributed by atoms with E-state index in [4.69, 9.17) is 33.4 Å². The molecule has 0 amide bonds. The molecule has 3 N–H and O–H groups in total. The third kappa shape index (κ3) is 3.25. The fourth-order valence-electron chi connectivity index (χ4n) is 1.11. The number of benzene rings is 1. The summed E-state index contributed by atoms with van der Waals surface area (Å²) in [6, 6.07) is 5.28. The largest absolute Gasteiger partial charge is 0.396 e. The third-order valence-corrected chi connectivity index (χ3v) is 3.24.